The number of aromatic nitrogens is 1. The molecule has 6 heteroatoms. The van der Waals surface area contributed by atoms with Gasteiger partial charge in [0.25, 0.3) is 0 Å². The van der Waals surface area contributed by atoms with Gasteiger partial charge in [-0.3, -0.25) is 4.98 Å². The Labute approximate surface area is 111 Å². The highest BCUT2D eigenvalue weighted by atomic mass is 19.4. The highest BCUT2D eigenvalue weighted by molar-refractivity contribution is 5.52. The zero-order valence-corrected chi connectivity index (χ0v) is 11.3. The van der Waals surface area contributed by atoms with E-state index in [1.807, 2.05) is 13.8 Å². The molecule has 1 aromatic heterocycles. The van der Waals surface area contributed by atoms with Crippen molar-refractivity contribution in [3.05, 3.63) is 24.0 Å². The van der Waals surface area contributed by atoms with Crippen LogP contribution < -0.4 is 10.2 Å². The van der Waals surface area contributed by atoms with Crippen LogP contribution >= 0.6 is 0 Å². The fraction of sp³-hybridized carbons (Fsp3) is 0.615. The number of rotatable bonds is 7. The van der Waals surface area contributed by atoms with Crippen molar-refractivity contribution < 1.29 is 13.2 Å². The van der Waals surface area contributed by atoms with E-state index in [9.17, 15) is 13.2 Å². The number of halogens is 3. The minimum absolute atomic E-state index is 0.378. The van der Waals surface area contributed by atoms with Gasteiger partial charge in [-0.25, -0.2) is 0 Å². The molecule has 3 nitrogen and oxygen atoms in total. The smallest absolute Gasteiger partial charge is 0.362 e. The summed E-state index contributed by atoms with van der Waals surface area (Å²) in [6, 6.07) is 1.65. The van der Waals surface area contributed by atoms with E-state index in [4.69, 9.17) is 0 Å². The molecule has 0 unspecified atom stereocenters. The van der Waals surface area contributed by atoms with Crippen molar-refractivity contribution in [3.8, 4) is 0 Å². The van der Waals surface area contributed by atoms with Crippen LogP contribution in [-0.4, -0.2) is 30.8 Å². The first-order chi connectivity index (χ1) is 8.98. The topological polar surface area (TPSA) is 28.2 Å². The molecule has 19 heavy (non-hydrogen) atoms. The second kappa shape index (κ2) is 7.33. The number of hydrogen-bond donors (Lipinski definition) is 1. The van der Waals surface area contributed by atoms with E-state index in [0.29, 0.717) is 25.2 Å². The molecule has 0 amide bonds. The van der Waals surface area contributed by atoms with Crippen LogP contribution in [0.25, 0.3) is 0 Å². The lowest BCUT2D eigenvalue weighted by Gasteiger charge is -2.27. The van der Waals surface area contributed by atoms with Gasteiger partial charge >= 0.3 is 6.18 Å². The van der Waals surface area contributed by atoms with E-state index in [2.05, 4.69) is 10.3 Å². The summed E-state index contributed by atoms with van der Waals surface area (Å²) in [5.41, 5.74) is 1.40. The van der Waals surface area contributed by atoms with Crippen molar-refractivity contribution in [2.24, 2.45) is 0 Å². The Balaban J connectivity index is 2.94. The number of nitrogens with one attached hydrogen (secondary N) is 1. The van der Waals surface area contributed by atoms with Gasteiger partial charge in [0, 0.05) is 36.7 Å². The Morgan fingerprint density at radius 1 is 1.32 bits per heavy atom. The third-order valence-electron chi connectivity index (χ3n) is 2.65. The first-order valence-corrected chi connectivity index (χ1v) is 6.43. The summed E-state index contributed by atoms with van der Waals surface area (Å²) in [5, 5.41) is 3.12. The summed E-state index contributed by atoms with van der Waals surface area (Å²) < 4.78 is 37.9. The molecule has 0 spiro atoms. The minimum Gasteiger partial charge on any atom is -0.362 e. The zero-order chi connectivity index (χ0) is 14.3. The van der Waals surface area contributed by atoms with Gasteiger partial charge in [-0.2, -0.15) is 13.2 Å². The number of pyridine rings is 1. The fourth-order valence-corrected chi connectivity index (χ4v) is 1.90. The minimum atomic E-state index is -4.20. The second-order valence-corrected chi connectivity index (χ2v) is 4.32. The molecular weight excluding hydrogens is 255 g/mol. The molecule has 0 atom stereocenters. The maximum atomic E-state index is 12.6. The van der Waals surface area contributed by atoms with Gasteiger partial charge in [0.2, 0.25) is 0 Å². The van der Waals surface area contributed by atoms with Crippen molar-refractivity contribution in [1.29, 1.82) is 0 Å². The lowest BCUT2D eigenvalue weighted by molar-refractivity contribution is -0.119. The van der Waals surface area contributed by atoms with Gasteiger partial charge in [-0.05, 0) is 19.0 Å². The third kappa shape index (κ3) is 5.46. The summed E-state index contributed by atoms with van der Waals surface area (Å²) in [6.07, 6.45) is -0.381. The molecular formula is C13H20F3N3. The monoisotopic (exact) mass is 275 g/mol. The van der Waals surface area contributed by atoms with Gasteiger partial charge in [-0.1, -0.05) is 13.8 Å². The van der Waals surface area contributed by atoms with Crippen LogP contribution in [0.5, 0.6) is 0 Å². The molecule has 0 saturated carbocycles. The fourth-order valence-electron chi connectivity index (χ4n) is 1.90. The summed E-state index contributed by atoms with van der Waals surface area (Å²) in [7, 11) is 0. The Morgan fingerprint density at radius 3 is 2.63 bits per heavy atom. The standard InChI is InChI=1S/C13H20F3N3/c1-3-7-19(10-13(14,15)16)12-5-6-18-9-11(12)8-17-4-2/h5-6,9,17H,3-4,7-8,10H2,1-2H3. The van der Waals surface area contributed by atoms with E-state index >= 15 is 0 Å². The van der Waals surface area contributed by atoms with Gasteiger partial charge < -0.3 is 10.2 Å². The number of anilines is 1. The molecule has 0 aliphatic heterocycles. The second-order valence-electron chi connectivity index (χ2n) is 4.32. The van der Waals surface area contributed by atoms with Crippen LogP contribution in [0.1, 0.15) is 25.8 Å². The molecule has 0 bridgehead atoms. The van der Waals surface area contributed by atoms with E-state index < -0.39 is 12.7 Å². The quantitative estimate of drug-likeness (QED) is 0.829. The first kappa shape index (κ1) is 15.8. The van der Waals surface area contributed by atoms with Crippen LogP contribution in [0.2, 0.25) is 0 Å². The Morgan fingerprint density at radius 2 is 2.05 bits per heavy atom. The van der Waals surface area contributed by atoms with Crippen molar-refractivity contribution in [2.75, 3.05) is 24.5 Å². The van der Waals surface area contributed by atoms with Crippen molar-refractivity contribution in [2.45, 2.75) is 33.0 Å². The molecule has 1 heterocycles. The van der Waals surface area contributed by atoms with Crippen molar-refractivity contribution in [1.82, 2.24) is 10.3 Å². The predicted octanol–water partition coefficient (Wildman–Crippen LogP) is 2.97. The molecule has 0 aliphatic carbocycles. The molecule has 1 rings (SSSR count). The summed E-state index contributed by atoms with van der Waals surface area (Å²) in [4.78, 5) is 5.36. The molecule has 1 aromatic rings. The lowest BCUT2D eigenvalue weighted by atomic mass is 10.2. The normalized spacial score (nSPS) is 11.6. The average molecular weight is 275 g/mol. The Kier molecular flexibility index (Phi) is 6.08. The molecule has 0 saturated heterocycles. The van der Waals surface area contributed by atoms with E-state index in [1.165, 1.54) is 11.1 Å². The maximum absolute atomic E-state index is 12.6. The van der Waals surface area contributed by atoms with E-state index in [-0.39, 0.29) is 0 Å². The zero-order valence-electron chi connectivity index (χ0n) is 11.3. The Hall–Kier alpha value is -1.30. The van der Waals surface area contributed by atoms with Crippen LogP contribution in [0, 0.1) is 0 Å². The summed E-state index contributed by atoms with van der Waals surface area (Å²) >= 11 is 0. The van der Waals surface area contributed by atoms with E-state index in [0.717, 1.165) is 12.1 Å². The van der Waals surface area contributed by atoms with Crippen LogP contribution in [0.3, 0.4) is 0 Å². The predicted molar refractivity (Wildman–Crippen MR) is 70.2 cm³/mol. The SMILES string of the molecule is CCCN(CC(F)(F)F)c1ccncc1CNCC. The van der Waals surface area contributed by atoms with Gasteiger partial charge in [0.15, 0.2) is 0 Å². The van der Waals surface area contributed by atoms with E-state index in [1.54, 1.807) is 12.3 Å². The number of hydrogen-bond acceptors (Lipinski definition) is 3. The summed E-state index contributed by atoms with van der Waals surface area (Å²) in [5.74, 6) is 0. The van der Waals surface area contributed by atoms with Crippen molar-refractivity contribution >= 4 is 5.69 Å². The maximum Gasteiger partial charge on any atom is 0.405 e. The van der Waals surface area contributed by atoms with Crippen molar-refractivity contribution in [3.63, 3.8) is 0 Å². The lowest BCUT2D eigenvalue weighted by Crippen LogP contribution is -2.35. The molecule has 1 N–H and O–H groups in total. The highest BCUT2D eigenvalue weighted by Gasteiger charge is 2.31. The molecule has 0 radical (unpaired) electrons. The molecule has 0 aliphatic rings. The third-order valence-corrected chi connectivity index (χ3v) is 2.65. The van der Waals surface area contributed by atoms with Gasteiger partial charge in [-0.15, -0.1) is 0 Å². The largest absolute Gasteiger partial charge is 0.405 e. The van der Waals surface area contributed by atoms with Gasteiger partial charge in [0.1, 0.15) is 6.54 Å². The first-order valence-electron chi connectivity index (χ1n) is 6.43. The Bertz CT molecular complexity index is 380. The summed E-state index contributed by atoms with van der Waals surface area (Å²) in [6.45, 7) is 4.57. The van der Waals surface area contributed by atoms with Crippen LogP contribution in [0.15, 0.2) is 18.5 Å². The molecule has 0 fully saturated rings. The molecule has 0 aromatic carbocycles. The van der Waals surface area contributed by atoms with Crippen LogP contribution in [0.4, 0.5) is 18.9 Å². The number of alkyl halides is 3. The average Bonchev–Trinajstić information content (AvgIpc) is 2.34. The molecule has 108 valence electrons. The van der Waals surface area contributed by atoms with Crippen LogP contribution in [-0.2, 0) is 6.54 Å². The van der Waals surface area contributed by atoms with Gasteiger partial charge in [0.05, 0.1) is 0 Å². The highest BCUT2D eigenvalue weighted by Crippen LogP contribution is 2.25. The number of nitrogens with zero attached hydrogens (tertiary/aromatic N) is 2.